The second-order valence-electron chi connectivity index (χ2n) is 7.26. The van der Waals surface area contributed by atoms with Crippen molar-refractivity contribution < 1.29 is 14.7 Å². The molecular weight excluding hydrogens is 376 g/mol. The van der Waals surface area contributed by atoms with Crippen molar-refractivity contribution in [2.24, 2.45) is 0 Å². The molecule has 1 amide bonds. The van der Waals surface area contributed by atoms with Gasteiger partial charge < -0.3 is 15.4 Å². The molecule has 0 aliphatic carbocycles. The Morgan fingerprint density at radius 2 is 1.73 bits per heavy atom. The highest BCUT2D eigenvalue weighted by Crippen LogP contribution is 2.23. The Morgan fingerprint density at radius 1 is 0.933 bits per heavy atom. The fraction of sp³-hybridized carbons (Fsp3) is 0.120. The topological polar surface area (TPSA) is 82.2 Å². The Labute approximate surface area is 174 Å². The van der Waals surface area contributed by atoms with Gasteiger partial charge in [0.1, 0.15) is 5.75 Å². The number of aromatic amines is 1. The number of aromatic hydroxyl groups is 1. The van der Waals surface area contributed by atoms with Gasteiger partial charge in [0.05, 0.1) is 0 Å². The summed E-state index contributed by atoms with van der Waals surface area (Å²) in [6.45, 7) is 2.04. The minimum atomic E-state index is -0.139. The maximum atomic E-state index is 12.6. The van der Waals surface area contributed by atoms with Crippen molar-refractivity contribution >= 4 is 22.6 Å². The van der Waals surface area contributed by atoms with Crippen molar-refractivity contribution in [2.75, 3.05) is 6.54 Å². The minimum Gasteiger partial charge on any atom is -0.508 e. The number of fused-ring (bicyclic) bond motifs is 1. The fourth-order valence-corrected chi connectivity index (χ4v) is 3.51. The molecule has 1 heterocycles. The zero-order valence-electron chi connectivity index (χ0n) is 16.6. The molecule has 0 saturated carbocycles. The molecular formula is C25H22N2O3. The molecule has 0 atom stereocenters. The van der Waals surface area contributed by atoms with Gasteiger partial charge in [0, 0.05) is 34.8 Å². The first kappa shape index (κ1) is 19.5. The molecule has 0 spiro atoms. The number of hydrogen-bond acceptors (Lipinski definition) is 3. The van der Waals surface area contributed by atoms with Crippen LogP contribution in [0.15, 0.2) is 72.9 Å². The SMILES string of the molecule is CC(=O)c1ccc2[nH]cc(CCNC(=O)c3cccc(-c4ccc(O)cc4)c3)c2c1. The fourth-order valence-electron chi connectivity index (χ4n) is 3.51. The number of phenols is 1. The number of aromatic nitrogens is 1. The van der Waals surface area contributed by atoms with Crippen LogP contribution in [0.25, 0.3) is 22.0 Å². The van der Waals surface area contributed by atoms with Crippen LogP contribution in [0.1, 0.15) is 33.2 Å². The second kappa shape index (κ2) is 8.25. The van der Waals surface area contributed by atoms with Crippen LogP contribution >= 0.6 is 0 Å². The summed E-state index contributed by atoms with van der Waals surface area (Å²) in [5.41, 5.74) is 5.14. The van der Waals surface area contributed by atoms with E-state index in [2.05, 4.69) is 10.3 Å². The van der Waals surface area contributed by atoms with Gasteiger partial charge in [-0.15, -0.1) is 0 Å². The molecule has 0 saturated heterocycles. The molecule has 0 unspecified atom stereocenters. The molecule has 1 aromatic heterocycles. The van der Waals surface area contributed by atoms with Gasteiger partial charge in [-0.3, -0.25) is 9.59 Å². The summed E-state index contributed by atoms with van der Waals surface area (Å²) in [7, 11) is 0. The Balaban J connectivity index is 1.44. The quantitative estimate of drug-likeness (QED) is 0.411. The van der Waals surface area contributed by atoms with Crippen molar-refractivity contribution in [1.29, 1.82) is 0 Å². The molecule has 4 aromatic rings. The molecule has 0 radical (unpaired) electrons. The van der Waals surface area contributed by atoms with E-state index in [1.54, 1.807) is 25.1 Å². The van der Waals surface area contributed by atoms with E-state index in [-0.39, 0.29) is 17.4 Å². The van der Waals surface area contributed by atoms with E-state index < -0.39 is 0 Å². The number of nitrogens with one attached hydrogen (secondary N) is 2. The van der Waals surface area contributed by atoms with Crippen molar-refractivity contribution in [3.8, 4) is 16.9 Å². The van der Waals surface area contributed by atoms with Crippen molar-refractivity contribution in [2.45, 2.75) is 13.3 Å². The molecule has 3 aromatic carbocycles. The summed E-state index contributed by atoms with van der Waals surface area (Å²) < 4.78 is 0. The molecule has 0 fully saturated rings. The summed E-state index contributed by atoms with van der Waals surface area (Å²) in [6.07, 6.45) is 2.58. The van der Waals surface area contributed by atoms with Crippen LogP contribution in [0.5, 0.6) is 5.75 Å². The highest BCUT2D eigenvalue weighted by molar-refractivity contribution is 5.99. The third-order valence-electron chi connectivity index (χ3n) is 5.18. The zero-order chi connectivity index (χ0) is 21.1. The third kappa shape index (κ3) is 4.10. The highest BCUT2D eigenvalue weighted by atomic mass is 16.3. The molecule has 0 bridgehead atoms. The first-order chi connectivity index (χ1) is 14.5. The van der Waals surface area contributed by atoms with Gasteiger partial charge in [-0.25, -0.2) is 0 Å². The van der Waals surface area contributed by atoms with E-state index in [4.69, 9.17) is 0 Å². The van der Waals surface area contributed by atoms with Crippen molar-refractivity contribution in [3.05, 3.63) is 89.6 Å². The lowest BCUT2D eigenvalue weighted by atomic mass is 10.0. The molecule has 30 heavy (non-hydrogen) atoms. The van der Waals surface area contributed by atoms with Gasteiger partial charge in [0.15, 0.2) is 5.78 Å². The lowest BCUT2D eigenvalue weighted by Gasteiger charge is -2.08. The lowest BCUT2D eigenvalue weighted by Crippen LogP contribution is -2.25. The number of carbonyl (C=O) groups excluding carboxylic acids is 2. The molecule has 3 N–H and O–H groups in total. The Morgan fingerprint density at radius 3 is 2.50 bits per heavy atom. The van der Waals surface area contributed by atoms with E-state index >= 15 is 0 Å². The van der Waals surface area contributed by atoms with E-state index in [1.165, 1.54) is 0 Å². The van der Waals surface area contributed by atoms with E-state index in [9.17, 15) is 14.7 Å². The predicted molar refractivity (Wildman–Crippen MR) is 118 cm³/mol. The highest BCUT2D eigenvalue weighted by Gasteiger charge is 2.10. The molecule has 150 valence electrons. The van der Waals surface area contributed by atoms with Gasteiger partial charge in [0.2, 0.25) is 0 Å². The standard InChI is InChI=1S/C25H22N2O3/c1-16(28)18-7-10-24-23(14-18)21(15-27-24)11-12-26-25(30)20-4-2-3-19(13-20)17-5-8-22(29)9-6-17/h2-10,13-15,27,29H,11-12H2,1H3,(H,26,30). The maximum Gasteiger partial charge on any atom is 0.251 e. The number of Topliss-reactive ketones (excluding diaryl/α,β-unsaturated/α-hetero) is 1. The van der Waals surface area contributed by atoms with Crippen LogP contribution in [0, 0.1) is 0 Å². The van der Waals surface area contributed by atoms with Crippen LogP contribution < -0.4 is 5.32 Å². The van der Waals surface area contributed by atoms with Crippen molar-refractivity contribution in [1.82, 2.24) is 10.3 Å². The number of ketones is 1. The Hall–Kier alpha value is -3.86. The molecule has 4 rings (SSSR count). The average Bonchev–Trinajstić information content (AvgIpc) is 3.16. The number of phenolic OH excluding ortho intramolecular Hbond substituents is 1. The Bertz CT molecular complexity index is 1220. The predicted octanol–water partition coefficient (Wildman–Crippen LogP) is 4.72. The van der Waals surface area contributed by atoms with Crippen LogP contribution in [-0.4, -0.2) is 28.3 Å². The number of benzene rings is 3. The summed E-state index contributed by atoms with van der Waals surface area (Å²) in [6, 6.07) is 19.9. The summed E-state index contributed by atoms with van der Waals surface area (Å²) >= 11 is 0. The van der Waals surface area contributed by atoms with Gasteiger partial charge in [0.25, 0.3) is 5.91 Å². The summed E-state index contributed by atoms with van der Waals surface area (Å²) in [4.78, 5) is 27.5. The van der Waals surface area contributed by atoms with E-state index in [0.29, 0.717) is 24.1 Å². The maximum absolute atomic E-state index is 12.6. The number of amides is 1. The smallest absolute Gasteiger partial charge is 0.251 e. The molecule has 0 aliphatic rings. The minimum absolute atomic E-state index is 0.0332. The van der Waals surface area contributed by atoms with Crippen molar-refractivity contribution in [3.63, 3.8) is 0 Å². The number of carbonyl (C=O) groups is 2. The van der Waals surface area contributed by atoms with Crippen LogP contribution in [0.3, 0.4) is 0 Å². The summed E-state index contributed by atoms with van der Waals surface area (Å²) in [5.74, 6) is 0.103. The number of H-pyrrole nitrogens is 1. The third-order valence-corrected chi connectivity index (χ3v) is 5.18. The van der Waals surface area contributed by atoms with E-state index in [1.807, 2.05) is 54.7 Å². The summed E-state index contributed by atoms with van der Waals surface area (Å²) in [5, 5.41) is 13.4. The molecule has 5 nitrogen and oxygen atoms in total. The lowest BCUT2D eigenvalue weighted by molar-refractivity contribution is 0.0953. The van der Waals surface area contributed by atoms with Crippen LogP contribution in [0.2, 0.25) is 0 Å². The van der Waals surface area contributed by atoms with Gasteiger partial charge in [-0.2, -0.15) is 0 Å². The van der Waals surface area contributed by atoms with Gasteiger partial charge in [-0.1, -0.05) is 24.3 Å². The Kier molecular flexibility index (Phi) is 5.35. The monoisotopic (exact) mass is 398 g/mol. The number of hydrogen-bond donors (Lipinski definition) is 3. The number of rotatable bonds is 6. The largest absolute Gasteiger partial charge is 0.508 e. The normalized spacial score (nSPS) is 10.8. The van der Waals surface area contributed by atoms with Gasteiger partial charge >= 0.3 is 0 Å². The zero-order valence-corrected chi connectivity index (χ0v) is 16.6. The first-order valence-electron chi connectivity index (χ1n) is 9.80. The van der Waals surface area contributed by atoms with Crippen LogP contribution in [-0.2, 0) is 6.42 Å². The first-order valence-corrected chi connectivity index (χ1v) is 9.80. The molecule has 0 aliphatic heterocycles. The molecule has 5 heteroatoms. The van der Waals surface area contributed by atoms with E-state index in [0.717, 1.165) is 27.6 Å². The average molecular weight is 398 g/mol. The van der Waals surface area contributed by atoms with Crippen LogP contribution in [0.4, 0.5) is 0 Å². The second-order valence-corrected chi connectivity index (χ2v) is 7.26. The van der Waals surface area contributed by atoms with Gasteiger partial charge in [-0.05, 0) is 72.5 Å².